The van der Waals surface area contributed by atoms with Gasteiger partial charge in [0.25, 0.3) is 0 Å². The van der Waals surface area contributed by atoms with Gasteiger partial charge in [0.2, 0.25) is 5.91 Å². The van der Waals surface area contributed by atoms with Crippen LogP contribution in [0.5, 0.6) is 0 Å². The zero-order valence-corrected chi connectivity index (χ0v) is 31.4. The van der Waals surface area contributed by atoms with Crippen molar-refractivity contribution in [2.24, 2.45) is 13.0 Å². The molecule has 0 radical (unpaired) electrons. The number of ether oxygens (including phenoxy) is 2. The second-order valence-electron chi connectivity index (χ2n) is 14.6. The Kier molecular flexibility index (Phi) is 14.8. The number of nitrogens with one attached hydrogen (secondary N) is 4. The van der Waals surface area contributed by atoms with E-state index in [1.165, 1.54) is 0 Å². The molecule has 0 bridgehead atoms. The quantitative estimate of drug-likeness (QED) is 0.0938. The van der Waals surface area contributed by atoms with Gasteiger partial charge in [-0.15, -0.1) is 0 Å². The lowest BCUT2D eigenvalue weighted by Crippen LogP contribution is -2.57. The first-order chi connectivity index (χ1) is 25.2. The lowest BCUT2D eigenvalue weighted by atomic mass is 9.98. The second-order valence-corrected chi connectivity index (χ2v) is 14.6. The van der Waals surface area contributed by atoms with Gasteiger partial charge in [0.05, 0.1) is 35.3 Å². The van der Waals surface area contributed by atoms with Crippen molar-refractivity contribution >= 4 is 29.1 Å². The average Bonchev–Trinajstić information content (AvgIpc) is 3.43. The number of hydrogen-bond donors (Lipinski definition) is 6. The zero-order chi connectivity index (χ0) is 38.5. The Balaban J connectivity index is 1.38. The van der Waals surface area contributed by atoms with Gasteiger partial charge < -0.3 is 45.5 Å². The maximum atomic E-state index is 13.7. The van der Waals surface area contributed by atoms with E-state index in [-0.39, 0.29) is 25.6 Å². The molecule has 6 N–H and O–H groups in total. The monoisotopic (exact) mass is 730 g/mol. The van der Waals surface area contributed by atoms with Crippen LogP contribution in [-0.2, 0) is 40.8 Å². The highest BCUT2D eigenvalue weighted by Crippen LogP contribution is 2.16. The Morgan fingerprint density at radius 1 is 0.755 bits per heavy atom. The number of hydrogen-bond acceptors (Lipinski definition) is 9. The first-order valence-electron chi connectivity index (χ1n) is 18.0. The Hall–Kier alpha value is -4.98. The Bertz CT molecular complexity index is 1760. The predicted molar refractivity (Wildman–Crippen MR) is 203 cm³/mol. The molecule has 13 heteroatoms. The molecule has 4 rings (SSSR count). The highest BCUT2D eigenvalue weighted by atomic mass is 16.6. The highest BCUT2D eigenvalue weighted by molar-refractivity contribution is 5.86. The number of rotatable bonds is 17. The molecule has 1 aromatic heterocycles. The number of para-hydroxylation sites is 2. The topological polar surface area (TPSA) is 176 Å². The molecule has 286 valence electrons. The largest absolute Gasteiger partial charge is 0.444 e. The molecule has 0 unspecified atom stereocenters. The van der Waals surface area contributed by atoms with Crippen molar-refractivity contribution in [1.82, 2.24) is 30.8 Å². The Labute approximate surface area is 311 Å². The molecular weight excluding hydrogens is 676 g/mol. The third-order valence-electron chi connectivity index (χ3n) is 8.70. The number of aliphatic hydroxyl groups is 2. The van der Waals surface area contributed by atoms with Crippen LogP contribution < -0.4 is 21.3 Å². The number of aryl methyl sites for hydroxylation is 1. The van der Waals surface area contributed by atoms with Gasteiger partial charge in [-0.1, -0.05) is 86.6 Å². The van der Waals surface area contributed by atoms with Crippen molar-refractivity contribution in [3.8, 4) is 0 Å². The molecule has 0 spiro atoms. The fourth-order valence-corrected chi connectivity index (χ4v) is 5.86. The van der Waals surface area contributed by atoms with E-state index in [0.29, 0.717) is 18.7 Å². The van der Waals surface area contributed by atoms with Crippen molar-refractivity contribution in [3.05, 3.63) is 102 Å². The van der Waals surface area contributed by atoms with Gasteiger partial charge >= 0.3 is 12.2 Å². The van der Waals surface area contributed by atoms with Gasteiger partial charge in [0.15, 0.2) is 6.61 Å². The molecule has 5 atom stereocenters. The lowest BCUT2D eigenvalue weighted by Gasteiger charge is -2.30. The van der Waals surface area contributed by atoms with Crippen LogP contribution in [0.2, 0.25) is 0 Å². The fourth-order valence-electron chi connectivity index (χ4n) is 5.86. The summed E-state index contributed by atoms with van der Waals surface area (Å²) in [5.41, 5.74) is 2.78. The van der Waals surface area contributed by atoms with Gasteiger partial charge in [-0.3, -0.25) is 4.79 Å². The van der Waals surface area contributed by atoms with Crippen molar-refractivity contribution in [2.75, 3.05) is 13.1 Å². The average molecular weight is 731 g/mol. The number of aliphatic hydroxyl groups excluding tert-OH is 2. The van der Waals surface area contributed by atoms with Crippen LogP contribution in [0.1, 0.15) is 51.6 Å². The number of imidazole rings is 1. The van der Waals surface area contributed by atoms with E-state index < -0.39 is 54.0 Å². The summed E-state index contributed by atoms with van der Waals surface area (Å²) in [5.74, 6) is -0.230. The lowest BCUT2D eigenvalue weighted by molar-refractivity contribution is -0.125. The second kappa shape index (κ2) is 19.2. The molecule has 3 amide bonds. The summed E-state index contributed by atoms with van der Waals surface area (Å²) < 4.78 is 12.7. The molecule has 0 fully saturated rings. The van der Waals surface area contributed by atoms with Crippen LogP contribution in [0.3, 0.4) is 0 Å². The highest BCUT2D eigenvalue weighted by Gasteiger charge is 2.30. The van der Waals surface area contributed by atoms with Crippen LogP contribution in [0.4, 0.5) is 9.59 Å². The van der Waals surface area contributed by atoms with Crippen molar-refractivity contribution in [1.29, 1.82) is 0 Å². The standard InChI is InChI=1S/C40H54N6O7/c1-26(2)36(45-38(50)52-25-35-42-29-19-13-14-20-32(29)46(35)6)37(49)43-30(21-27-15-9-7-10-16-27)33(47)23-41-24-34(48)31(22-28-17-11-8-12-18-28)44-39(51)53-40(3,4)5/h7-20,26,30-31,33-34,36,41,47-48H,21-25H2,1-6H3,(H,43,49)(H,44,51)(H,45,50)/t30-,31-,33+,34+,36-/m0/s1. The predicted octanol–water partition coefficient (Wildman–Crippen LogP) is 4.00. The summed E-state index contributed by atoms with van der Waals surface area (Å²) in [7, 11) is 1.84. The number of aromatic nitrogens is 2. The molecule has 0 aliphatic carbocycles. The normalized spacial score (nSPS) is 14.5. The van der Waals surface area contributed by atoms with Crippen LogP contribution in [-0.4, -0.2) is 86.9 Å². The third-order valence-corrected chi connectivity index (χ3v) is 8.70. The number of amides is 3. The molecule has 13 nitrogen and oxygen atoms in total. The van der Waals surface area contributed by atoms with Crippen LogP contribution in [0.25, 0.3) is 11.0 Å². The van der Waals surface area contributed by atoms with Crippen LogP contribution in [0.15, 0.2) is 84.9 Å². The summed E-state index contributed by atoms with van der Waals surface area (Å²) in [4.78, 5) is 43.8. The van der Waals surface area contributed by atoms with Gasteiger partial charge in [0, 0.05) is 20.1 Å². The number of fused-ring (bicyclic) bond motifs is 1. The molecule has 3 aromatic carbocycles. The molecule has 1 heterocycles. The summed E-state index contributed by atoms with van der Waals surface area (Å²) >= 11 is 0. The van der Waals surface area contributed by atoms with E-state index in [4.69, 9.17) is 9.47 Å². The van der Waals surface area contributed by atoms with E-state index >= 15 is 0 Å². The van der Waals surface area contributed by atoms with E-state index in [2.05, 4.69) is 26.3 Å². The van der Waals surface area contributed by atoms with Crippen molar-refractivity contribution < 1.29 is 34.1 Å². The summed E-state index contributed by atoms with van der Waals surface area (Å²) in [5, 5.41) is 34.1. The molecule has 0 aliphatic rings. The number of carbonyl (C=O) groups excluding carboxylic acids is 3. The first kappa shape index (κ1) is 40.8. The summed E-state index contributed by atoms with van der Waals surface area (Å²) in [6.45, 7) is 8.85. The van der Waals surface area contributed by atoms with E-state index in [1.807, 2.05) is 96.5 Å². The smallest absolute Gasteiger partial charge is 0.408 e. The van der Waals surface area contributed by atoms with Gasteiger partial charge in [-0.05, 0) is 62.8 Å². The molecule has 0 saturated heterocycles. The SMILES string of the molecule is CC(C)[C@H](NC(=O)OCc1nc2ccccc2n1C)C(=O)N[C@@H](Cc1ccccc1)[C@H](O)CNC[C@@H](O)[C@H](Cc1ccccc1)NC(=O)OC(C)(C)C. The molecular formula is C40H54N6O7. The van der Waals surface area contributed by atoms with E-state index in [0.717, 1.165) is 22.2 Å². The molecule has 0 aliphatic heterocycles. The Morgan fingerprint density at radius 2 is 1.28 bits per heavy atom. The van der Waals surface area contributed by atoms with Crippen molar-refractivity contribution in [2.45, 2.75) is 90.0 Å². The summed E-state index contributed by atoms with van der Waals surface area (Å²) in [6, 6.07) is 24.1. The summed E-state index contributed by atoms with van der Waals surface area (Å²) in [6.07, 6.45) is -2.89. The Morgan fingerprint density at radius 3 is 1.81 bits per heavy atom. The van der Waals surface area contributed by atoms with Gasteiger partial charge in [-0.2, -0.15) is 0 Å². The third kappa shape index (κ3) is 12.9. The van der Waals surface area contributed by atoms with Crippen LogP contribution >= 0.6 is 0 Å². The molecule has 53 heavy (non-hydrogen) atoms. The number of benzene rings is 3. The van der Waals surface area contributed by atoms with Gasteiger partial charge in [-0.25, -0.2) is 14.6 Å². The number of carbonyl (C=O) groups is 3. The molecule has 0 saturated carbocycles. The fraction of sp³-hybridized carbons (Fsp3) is 0.450. The van der Waals surface area contributed by atoms with E-state index in [9.17, 15) is 24.6 Å². The minimum absolute atomic E-state index is 0.0131. The van der Waals surface area contributed by atoms with Crippen molar-refractivity contribution in [3.63, 3.8) is 0 Å². The minimum Gasteiger partial charge on any atom is -0.444 e. The van der Waals surface area contributed by atoms with E-state index in [1.54, 1.807) is 34.6 Å². The maximum absolute atomic E-state index is 13.7. The first-order valence-corrected chi connectivity index (χ1v) is 18.0. The zero-order valence-electron chi connectivity index (χ0n) is 31.4. The van der Waals surface area contributed by atoms with Gasteiger partial charge in [0.1, 0.15) is 17.5 Å². The minimum atomic E-state index is -1.09. The number of nitrogens with zero attached hydrogens (tertiary/aromatic N) is 2. The maximum Gasteiger partial charge on any atom is 0.408 e. The number of alkyl carbamates (subject to hydrolysis) is 2. The van der Waals surface area contributed by atoms with Crippen LogP contribution in [0, 0.1) is 5.92 Å². The molecule has 4 aromatic rings.